The molecule has 4 heteroatoms. The van der Waals surface area contributed by atoms with Crippen LogP contribution < -0.4 is 9.47 Å². The molecule has 1 aliphatic heterocycles. The zero-order valence-corrected chi connectivity index (χ0v) is 8.72. The van der Waals surface area contributed by atoms with Crippen LogP contribution in [0.1, 0.15) is 0 Å². The third-order valence-electron chi connectivity index (χ3n) is 2.31. The SMILES string of the molecule is CN(CCO)CC1Oc2ccccc2O1. The number of nitrogens with zero attached hydrogens (tertiary/aromatic N) is 1. The molecular formula is C11H15NO3. The largest absolute Gasteiger partial charge is 0.450 e. The molecule has 0 amide bonds. The predicted molar refractivity (Wildman–Crippen MR) is 56.1 cm³/mol. The van der Waals surface area contributed by atoms with Crippen LogP contribution in [0.2, 0.25) is 0 Å². The number of para-hydroxylation sites is 2. The van der Waals surface area contributed by atoms with Crippen LogP contribution in [0.4, 0.5) is 0 Å². The highest BCUT2D eigenvalue weighted by molar-refractivity contribution is 5.41. The number of hydrogen-bond donors (Lipinski definition) is 1. The van der Waals surface area contributed by atoms with Crippen LogP contribution in [0.5, 0.6) is 11.5 Å². The number of hydrogen-bond acceptors (Lipinski definition) is 4. The Hall–Kier alpha value is -1.26. The summed E-state index contributed by atoms with van der Waals surface area (Å²) in [5, 5.41) is 8.76. The Balaban J connectivity index is 1.90. The van der Waals surface area contributed by atoms with Gasteiger partial charge in [0.15, 0.2) is 11.5 Å². The Bertz CT molecular complexity index is 304. The van der Waals surface area contributed by atoms with Crippen molar-refractivity contribution in [3.05, 3.63) is 24.3 Å². The van der Waals surface area contributed by atoms with Crippen LogP contribution in [0.25, 0.3) is 0 Å². The number of benzene rings is 1. The van der Waals surface area contributed by atoms with Crippen molar-refractivity contribution in [2.75, 3.05) is 26.7 Å². The first-order valence-corrected chi connectivity index (χ1v) is 5.01. The monoisotopic (exact) mass is 209 g/mol. The van der Waals surface area contributed by atoms with Crippen molar-refractivity contribution in [2.45, 2.75) is 6.29 Å². The van der Waals surface area contributed by atoms with Crippen molar-refractivity contribution >= 4 is 0 Å². The molecule has 1 aromatic carbocycles. The third-order valence-corrected chi connectivity index (χ3v) is 2.31. The summed E-state index contributed by atoms with van der Waals surface area (Å²) in [6.07, 6.45) is -0.265. The number of likely N-dealkylation sites (N-methyl/N-ethyl adjacent to an activating group) is 1. The maximum absolute atomic E-state index is 8.76. The van der Waals surface area contributed by atoms with E-state index in [4.69, 9.17) is 14.6 Å². The van der Waals surface area contributed by atoms with Crippen molar-refractivity contribution in [3.8, 4) is 11.5 Å². The minimum absolute atomic E-state index is 0.149. The lowest BCUT2D eigenvalue weighted by atomic mass is 10.3. The maximum atomic E-state index is 8.76. The predicted octanol–water partition coefficient (Wildman–Crippen LogP) is 0.708. The van der Waals surface area contributed by atoms with Crippen molar-refractivity contribution in [1.29, 1.82) is 0 Å². The van der Waals surface area contributed by atoms with Gasteiger partial charge in [-0.15, -0.1) is 0 Å². The Morgan fingerprint density at radius 2 is 1.87 bits per heavy atom. The highest BCUT2D eigenvalue weighted by atomic mass is 16.7. The van der Waals surface area contributed by atoms with Gasteiger partial charge in [-0.2, -0.15) is 0 Å². The van der Waals surface area contributed by atoms with E-state index in [0.29, 0.717) is 13.1 Å². The van der Waals surface area contributed by atoms with Crippen LogP contribution >= 0.6 is 0 Å². The van der Waals surface area contributed by atoms with Gasteiger partial charge < -0.3 is 14.6 Å². The maximum Gasteiger partial charge on any atom is 0.253 e. The minimum Gasteiger partial charge on any atom is -0.450 e. The molecule has 0 unspecified atom stereocenters. The molecule has 82 valence electrons. The normalized spacial score (nSPS) is 14.9. The fourth-order valence-electron chi connectivity index (χ4n) is 1.54. The van der Waals surface area contributed by atoms with Gasteiger partial charge in [0.25, 0.3) is 6.29 Å². The zero-order valence-electron chi connectivity index (χ0n) is 8.72. The van der Waals surface area contributed by atoms with Crippen molar-refractivity contribution in [3.63, 3.8) is 0 Å². The van der Waals surface area contributed by atoms with E-state index in [9.17, 15) is 0 Å². The van der Waals surface area contributed by atoms with Gasteiger partial charge in [0.1, 0.15) is 0 Å². The highest BCUT2D eigenvalue weighted by Gasteiger charge is 2.24. The van der Waals surface area contributed by atoms with Crippen LogP contribution in [0.3, 0.4) is 0 Å². The van der Waals surface area contributed by atoms with E-state index in [1.165, 1.54) is 0 Å². The Morgan fingerprint density at radius 3 is 2.40 bits per heavy atom. The summed E-state index contributed by atoms with van der Waals surface area (Å²) in [6.45, 7) is 1.42. The second-order valence-corrected chi connectivity index (χ2v) is 3.60. The first kappa shape index (κ1) is 10.3. The van der Waals surface area contributed by atoms with Gasteiger partial charge in [0.2, 0.25) is 0 Å². The zero-order chi connectivity index (χ0) is 10.7. The summed E-state index contributed by atoms with van der Waals surface area (Å²) in [5.41, 5.74) is 0. The molecule has 0 aromatic heterocycles. The Morgan fingerprint density at radius 1 is 1.27 bits per heavy atom. The number of fused-ring (bicyclic) bond motifs is 1. The molecule has 15 heavy (non-hydrogen) atoms. The lowest BCUT2D eigenvalue weighted by Gasteiger charge is -2.18. The van der Waals surface area contributed by atoms with Crippen LogP contribution in [-0.2, 0) is 0 Å². The Kier molecular flexibility index (Phi) is 3.08. The molecular weight excluding hydrogens is 194 g/mol. The van der Waals surface area contributed by atoms with Crippen LogP contribution in [-0.4, -0.2) is 43.0 Å². The lowest BCUT2D eigenvalue weighted by Crippen LogP contribution is -2.35. The quantitative estimate of drug-likeness (QED) is 0.793. The number of aliphatic hydroxyl groups is 1. The van der Waals surface area contributed by atoms with Crippen molar-refractivity contribution in [2.24, 2.45) is 0 Å². The fraction of sp³-hybridized carbons (Fsp3) is 0.455. The average Bonchev–Trinajstić information content (AvgIpc) is 2.59. The molecule has 1 heterocycles. The fourth-order valence-corrected chi connectivity index (χ4v) is 1.54. The number of ether oxygens (including phenoxy) is 2. The molecule has 0 atom stereocenters. The van der Waals surface area contributed by atoms with E-state index in [0.717, 1.165) is 11.5 Å². The van der Waals surface area contributed by atoms with E-state index in [1.54, 1.807) is 0 Å². The second-order valence-electron chi connectivity index (χ2n) is 3.60. The summed E-state index contributed by atoms with van der Waals surface area (Å²) >= 11 is 0. The van der Waals surface area contributed by atoms with E-state index in [2.05, 4.69) is 0 Å². The van der Waals surface area contributed by atoms with Crippen molar-refractivity contribution < 1.29 is 14.6 Å². The molecule has 1 N–H and O–H groups in total. The number of rotatable bonds is 4. The third kappa shape index (κ3) is 2.40. The molecule has 0 aliphatic carbocycles. The molecule has 4 nitrogen and oxygen atoms in total. The summed E-state index contributed by atoms with van der Waals surface area (Å²) < 4.78 is 11.2. The lowest BCUT2D eigenvalue weighted by molar-refractivity contribution is 0.0184. The van der Waals surface area contributed by atoms with Gasteiger partial charge in [-0.05, 0) is 19.2 Å². The van der Waals surface area contributed by atoms with Gasteiger partial charge in [0, 0.05) is 6.54 Å². The highest BCUT2D eigenvalue weighted by Crippen LogP contribution is 2.33. The van der Waals surface area contributed by atoms with Crippen LogP contribution in [0.15, 0.2) is 24.3 Å². The molecule has 0 bridgehead atoms. The minimum atomic E-state index is -0.265. The summed E-state index contributed by atoms with van der Waals surface area (Å²) in [4.78, 5) is 1.97. The standard InChI is InChI=1S/C11H15NO3/c1-12(6-7-13)8-11-14-9-4-2-3-5-10(9)15-11/h2-5,11,13H,6-8H2,1H3. The number of aliphatic hydroxyl groups excluding tert-OH is 1. The van der Waals surface area contributed by atoms with E-state index >= 15 is 0 Å². The molecule has 0 radical (unpaired) electrons. The summed E-state index contributed by atoms with van der Waals surface area (Å²) in [7, 11) is 1.92. The smallest absolute Gasteiger partial charge is 0.253 e. The molecule has 1 aliphatic rings. The first-order chi connectivity index (χ1) is 7.29. The van der Waals surface area contributed by atoms with E-state index in [1.807, 2.05) is 36.2 Å². The van der Waals surface area contributed by atoms with Gasteiger partial charge >= 0.3 is 0 Å². The summed E-state index contributed by atoms with van der Waals surface area (Å²) in [5.74, 6) is 1.58. The van der Waals surface area contributed by atoms with E-state index < -0.39 is 0 Å². The second kappa shape index (κ2) is 4.51. The van der Waals surface area contributed by atoms with E-state index in [-0.39, 0.29) is 12.9 Å². The summed E-state index contributed by atoms with van der Waals surface area (Å²) in [6, 6.07) is 7.62. The Labute approximate surface area is 89.0 Å². The molecule has 0 saturated heterocycles. The molecule has 0 fully saturated rings. The van der Waals surface area contributed by atoms with Gasteiger partial charge in [0.05, 0.1) is 13.2 Å². The van der Waals surface area contributed by atoms with Gasteiger partial charge in [-0.1, -0.05) is 12.1 Å². The average molecular weight is 209 g/mol. The van der Waals surface area contributed by atoms with Crippen molar-refractivity contribution in [1.82, 2.24) is 4.90 Å². The molecule has 1 aromatic rings. The first-order valence-electron chi connectivity index (χ1n) is 5.01. The molecule has 2 rings (SSSR count). The molecule has 0 spiro atoms. The van der Waals surface area contributed by atoms with Crippen LogP contribution in [0, 0.1) is 0 Å². The van der Waals surface area contributed by atoms with Gasteiger partial charge in [-0.3, -0.25) is 4.90 Å². The topological polar surface area (TPSA) is 41.9 Å². The van der Waals surface area contributed by atoms with Gasteiger partial charge in [-0.25, -0.2) is 0 Å². The molecule has 0 saturated carbocycles.